The molecule has 2 saturated carbocycles. The molecule has 0 radical (unpaired) electrons. The molecular formula is C18H25N3O2S. The highest BCUT2D eigenvalue weighted by Crippen LogP contribution is 2.40. The fraction of sp³-hybridized carbons (Fsp3) is 0.667. The Labute approximate surface area is 147 Å². The van der Waals surface area contributed by atoms with Crippen LogP contribution >= 0.6 is 11.3 Å². The number of rotatable bonds is 6. The summed E-state index contributed by atoms with van der Waals surface area (Å²) in [6.45, 7) is 3.91. The van der Waals surface area contributed by atoms with E-state index in [1.54, 1.807) is 11.3 Å². The average Bonchev–Trinajstić information content (AvgIpc) is 3.47. The van der Waals surface area contributed by atoms with Gasteiger partial charge in [0.1, 0.15) is 6.04 Å². The van der Waals surface area contributed by atoms with E-state index < -0.39 is 0 Å². The fourth-order valence-corrected chi connectivity index (χ4v) is 4.67. The summed E-state index contributed by atoms with van der Waals surface area (Å²) < 4.78 is 0. The Bertz CT molecular complexity index is 610. The lowest BCUT2D eigenvalue weighted by Crippen LogP contribution is -2.54. The zero-order valence-electron chi connectivity index (χ0n) is 14.1. The normalized spacial score (nSPS) is 26.0. The predicted octanol–water partition coefficient (Wildman–Crippen LogP) is 2.01. The quantitative estimate of drug-likeness (QED) is 0.856. The molecule has 6 heteroatoms. The number of piperazine rings is 1. The van der Waals surface area contributed by atoms with Crippen molar-refractivity contribution >= 4 is 23.2 Å². The first-order chi connectivity index (χ1) is 11.6. The molecule has 0 spiro atoms. The summed E-state index contributed by atoms with van der Waals surface area (Å²) in [6.07, 6.45) is 4.78. The molecule has 1 N–H and O–H groups in total. The highest BCUT2D eigenvalue weighted by molar-refractivity contribution is 7.10. The minimum Gasteiger partial charge on any atom is -0.353 e. The van der Waals surface area contributed by atoms with Crippen molar-refractivity contribution in [1.82, 2.24) is 15.1 Å². The maximum atomic E-state index is 13.0. The van der Waals surface area contributed by atoms with Crippen LogP contribution in [0.15, 0.2) is 17.5 Å². The Morgan fingerprint density at radius 2 is 2.21 bits per heavy atom. The molecule has 3 fully saturated rings. The number of thiophene rings is 1. The van der Waals surface area contributed by atoms with E-state index in [4.69, 9.17) is 0 Å². The molecule has 1 aromatic rings. The number of carbonyl (C=O) groups is 2. The summed E-state index contributed by atoms with van der Waals surface area (Å²) in [5, 5.41) is 4.93. The van der Waals surface area contributed by atoms with Crippen LogP contribution in [0.5, 0.6) is 0 Å². The third-order valence-electron chi connectivity index (χ3n) is 5.43. The Hall–Kier alpha value is -1.40. The van der Waals surface area contributed by atoms with Gasteiger partial charge in [0.2, 0.25) is 11.8 Å². The molecule has 0 unspecified atom stereocenters. The first-order valence-corrected chi connectivity index (χ1v) is 9.89. The van der Waals surface area contributed by atoms with Crippen molar-refractivity contribution in [2.45, 2.75) is 50.7 Å². The van der Waals surface area contributed by atoms with Gasteiger partial charge in [0.15, 0.2) is 0 Å². The van der Waals surface area contributed by atoms with E-state index in [2.05, 4.69) is 22.0 Å². The maximum absolute atomic E-state index is 13.0. The molecule has 3 aliphatic rings. The molecule has 2 amide bonds. The molecule has 5 nitrogen and oxygen atoms in total. The SMILES string of the molecule is C[C@H](C1CC1)N(C(=O)CN1CCNC(=O)[C@H]1c1cccs1)C1CC1. The highest BCUT2D eigenvalue weighted by atomic mass is 32.1. The van der Waals surface area contributed by atoms with Gasteiger partial charge in [-0.15, -0.1) is 11.3 Å². The summed E-state index contributed by atoms with van der Waals surface area (Å²) in [4.78, 5) is 30.6. The zero-order valence-corrected chi connectivity index (χ0v) is 14.9. The minimum atomic E-state index is -0.319. The van der Waals surface area contributed by atoms with Gasteiger partial charge in [0, 0.05) is 30.1 Å². The number of nitrogens with zero attached hydrogens (tertiary/aromatic N) is 2. The first-order valence-electron chi connectivity index (χ1n) is 9.01. The molecule has 2 heterocycles. The summed E-state index contributed by atoms with van der Waals surface area (Å²) >= 11 is 1.58. The van der Waals surface area contributed by atoms with Crippen molar-refractivity contribution in [3.8, 4) is 0 Å². The van der Waals surface area contributed by atoms with E-state index >= 15 is 0 Å². The van der Waals surface area contributed by atoms with Crippen molar-refractivity contribution in [1.29, 1.82) is 0 Å². The molecule has 4 rings (SSSR count). The third-order valence-corrected chi connectivity index (χ3v) is 6.36. The monoisotopic (exact) mass is 347 g/mol. The summed E-state index contributed by atoms with van der Waals surface area (Å²) in [5.41, 5.74) is 0. The highest BCUT2D eigenvalue weighted by Gasteiger charge is 2.43. The van der Waals surface area contributed by atoms with Gasteiger partial charge in [0.25, 0.3) is 0 Å². The van der Waals surface area contributed by atoms with Crippen LogP contribution in [0.3, 0.4) is 0 Å². The summed E-state index contributed by atoms with van der Waals surface area (Å²) in [5.74, 6) is 0.908. The van der Waals surface area contributed by atoms with Gasteiger partial charge in [-0.05, 0) is 50.0 Å². The van der Waals surface area contributed by atoms with E-state index in [1.165, 1.54) is 12.8 Å². The number of amides is 2. The maximum Gasteiger partial charge on any atom is 0.242 e. The Morgan fingerprint density at radius 3 is 2.83 bits per heavy atom. The van der Waals surface area contributed by atoms with Gasteiger partial charge in [-0.25, -0.2) is 0 Å². The van der Waals surface area contributed by atoms with Crippen LogP contribution in [0.1, 0.15) is 43.5 Å². The molecule has 24 heavy (non-hydrogen) atoms. The van der Waals surface area contributed by atoms with Crippen molar-refractivity contribution in [3.63, 3.8) is 0 Å². The zero-order chi connectivity index (χ0) is 16.7. The van der Waals surface area contributed by atoms with E-state index in [0.717, 1.165) is 24.3 Å². The van der Waals surface area contributed by atoms with Gasteiger partial charge in [0.05, 0.1) is 6.54 Å². The largest absolute Gasteiger partial charge is 0.353 e. The first kappa shape index (κ1) is 16.1. The topological polar surface area (TPSA) is 52.7 Å². The Kier molecular flexibility index (Phi) is 4.35. The lowest BCUT2D eigenvalue weighted by molar-refractivity contribution is -0.139. The predicted molar refractivity (Wildman–Crippen MR) is 93.7 cm³/mol. The van der Waals surface area contributed by atoms with Crippen LogP contribution < -0.4 is 5.32 Å². The van der Waals surface area contributed by atoms with Crippen LogP contribution in [0, 0.1) is 5.92 Å². The lowest BCUT2D eigenvalue weighted by Gasteiger charge is -2.37. The van der Waals surface area contributed by atoms with Gasteiger partial charge in [-0.1, -0.05) is 6.07 Å². The van der Waals surface area contributed by atoms with Gasteiger partial charge in [-0.3, -0.25) is 14.5 Å². The second-order valence-electron chi connectivity index (χ2n) is 7.29. The van der Waals surface area contributed by atoms with Gasteiger partial charge < -0.3 is 10.2 Å². The van der Waals surface area contributed by atoms with Crippen molar-refractivity contribution in [3.05, 3.63) is 22.4 Å². The number of hydrogen-bond donors (Lipinski definition) is 1. The second kappa shape index (κ2) is 6.48. The molecule has 1 aromatic heterocycles. The molecule has 2 atom stereocenters. The van der Waals surface area contributed by atoms with Crippen molar-refractivity contribution in [2.75, 3.05) is 19.6 Å². The van der Waals surface area contributed by atoms with E-state index in [1.807, 2.05) is 17.5 Å². The van der Waals surface area contributed by atoms with Crippen LogP contribution in [-0.4, -0.2) is 53.3 Å². The Morgan fingerprint density at radius 1 is 1.42 bits per heavy atom. The van der Waals surface area contributed by atoms with Crippen LogP contribution in [0.2, 0.25) is 0 Å². The van der Waals surface area contributed by atoms with Crippen LogP contribution in [-0.2, 0) is 9.59 Å². The number of carbonyl (C=O) groups excluding carboxylic acids is 2. The summed E-state index contributed by atoms with van der Waals surface area (Å²) in [6, 6.07) is 4.42. The average molecular weight is 347 g/mol. The molecule has 0 aromatic carbocycles. The third kappa shape index (κ3) is 3.22. The Balaban J connectivity index is 1.49. The molecule has 130 valence electrons. The van der Waals surface area contributed by atoms with E-state index in [-0.39, 0.29) is 17.9 Å². The smallest absolute Gasteiger partial charge is 0.242 e. The van der Waals surface area contributed by atoms with Gasteiger partial charge >= 0.3 is 0 Å². The number of nitrogens with one attached hydrogen (secondary N) is 1. The van der Waals surface area contributed by atoms with Crippen LogP contribution in [0.25, 0.3) is 0 Å². The van der Waals surface area contributed by atoms with Crippen molar-refractivity contribution < 1.29 is 9.59 Å². The fourth-order valence-electron chi connectivity index (χ4n) is 3.82. The molecule has 1 aliphatic heterocycles. The lowest BCUT2D eigenvalue weighted by atomic mass is 10.1. The van der Waals surface area contributed by atoms with Crippen LogP contribution in [0.4, 0.5) is 0 Å². The van der Waals surface area contributed by atoms with E-state index in [9.17, 15) is 9.59 Å². The molecule has 0 bridgehead atoms. The molecular weight excluding hydrogens is 322 g/mol. The second-order valence-corrected chi connectivity index (χ2v) is 8.27. The van der Waals surface area contributed by atoms with E-state index in [0.29, 0.717) is 31.1 Å². The van der Waals surface area contributed by atoms with Gasteiger partial charge in [-0.2, -0.15) is 0 Å². The molecule has 1 saturated heterocycles. The molecule has 2 aliphatic carbocycles. The number of hydrogen-bond acceptors (Lipinski definition) is 4. The summed E-state index contributed by atoms with van der Waals surface area (Å²) in [7, 11) is 0. The standard InChI is InChI=1S/C18H25N3O2S/c1-12(13-4-5-13)21(14-6-7-14)16(22)11-20-9-8-19-18(23)17(20)15-3-2-10-24-15/h2-3,10,12-14,17H,4-9,11H2,1H3,(H,19,23)/t12-,17-/m1/s1. The van der Waals surface area contributed by atoms with Crippen molar-refractivity contribution in [2.24, 2.45) is 5.92 Å². The minimum absolute atomic E-state index is 0.0183.